The van der Waals surface area contributed by atoms with Gasteiger partial charge >= 0.3 is 0 Å². The molecule has 2 N–H and O–H groups in total. The van der Waals surface area contributed by atoms with Crippen molar-refractivity contribution in [2.24, 2.45) is 5.16 Å². The van der Waals surface area contributed by atoms with Crippen molar-refractivity contribution in [2.75, 3.05) is 0 Å². The first-order valence-electron chi connectivity index (χ1n) is 2.87. The predicted octanol–water partition coefficient (Wildman–Crippen LogP) is 1.69. The van der Waals surface area contributed by atoms with Gasteiger partial charge in [-0.2, -0.15) is 0 Å². The molecular weight excluding hydrogens is 118 g/mol. The van der Waals surface area contributed by atoms with Gasteiger partial charge in [0.2, 0.25) is 0 Å². The topological polar surface area (TPSA) is 52.8 Å². The number of rotatable bonds is 4. The summed E-state index contributed by atoms with van der Waals surface area (Å²) < 4.78 is 0. The Hall–Kier alpha value is -0.990. The van der Waals surface area contributed by atoms with Gasteiger partial charge in [0.15, 0.2) is 0 Å². The van der Waals surface area contributed by atoms with E-state index in [1.807, 2.05) is 0 Å². The maximum atomic E-state index is 8.16. The number of unbranched alkanes of at least 4 members (excludes halogenated alkanes) is 2. The molecule has 9 heavy (non-hydrogen) atoms. The molecule has 0 aliphatic rings. The SMILES string of the molecule is OC=CCCCC=NO. The summed E-state index contributed by atoms with van der Waals surface area (Å²) in [5, 5.41) is 18.9. The molecule has 0 aliphatic carbocycles. The number of aliphatic hydroxyl groups is 1. The highest BCUT2D eigenvalue weighted by Gasteiger charge is 1.79. The monoisotopic (exact) mass is 129 g/mol. The molecule has 3 heteroatoms. The van der Waals surface area contributed by atoms with Crippen LogP contribution in [0.5, 0.6) is 0 Å². The maximum Gasteiger partial charge on any atom is 0.0751 e. The largest absolute Gasteiger partial charge is 0.516 e. The summed E-state index contributed by atoms with van der Waals surface area (Å²) in [6, 6.07) is 0. The molecule has 0 aromatic rings. The lowest BCUT2D eigenvalue weighted by atomic mass is 10.2. The molecule has 0 saturated carbocycles. The van der Waals surface area contributed by atoms with E-state index in [-0.39, 0.29) is 0 Å². The lowest BCUT2D eigenvalue weighted by molar-refractivity contribution is 0.320. The van der Waals surface area contributed by atoms with Gasteiger partial charge in [-0.1, -0.05) is 6.08 Å². The summed E-state index contributed by atoms with van der Waals surface area (Å²) in [6.45, 7) is 0. The fraction of sp³-hybridized carbons (Fsp3) is 0.500. The van der Waals surface area contributed by atoms with Crippen LogP contribution < -0.4 is 0 Å². The quantitative estimate of drug-likeness (QED) is 0.199. The summed E-state index contributed by atoms with van der Waals surface area (Å²) in [6.07, 6.45) is 6.59. The lowest BCUT2D eigenvalue weighted by Gasteiger charge is -1.85. The summed E-state index contributed by atoms with van der Waals surface area (Å²) in [7, 11) is 0. The van der Waals surface area contributed by atoms with Crippen LogP contribution in [0.3, 0.4) is 0 Å². The molecule has 0 heterocycles. The lowest BCUT2D eigenvalue weighted by Crippen LogP contribution is -1.74. The molecule has 0 unspecified atom stereocenters. The first-order chi connectivity index (χ1) is 4.41. The van der Waals surface area contributed by atoms with Crippen molar-refractivity contribution < 1.29 is 10.3 Å². The van der Waals surface area contributed by atoms with Gasteiger partial charge in [-0.15, -0.1) is 5.16 Å². The zero-order valence-corrected chi connectivity index (χ0v) is 5.20. The van der Waals surface area contributed by atoms with E-state index in [2.05, 4.69) is 5.16 Å². The smallest absolute Gasteiger partial charge is 0.0751 e. The Balaban J connectivity index is 2.91. The van der Waals surface area contributed by atoms with Gasteiger partial charge in [0, 0.05) is 6.21 Å². The minimum atomic E-state index is 0.751. The van der Waals surface area contributed by atoms with Crippen molar-refractivity contribution in [1.29, 1.82) is 0 Å². The second-order valence-electron chi connectivity index (χ2n) is 1.61. The summed E-state index contributed by atoms with van der Waals surface area (Å²) in [4.78, 5) is 0. The molecule has 0 bridgehead atoms. The van der Waals surface area contributed by atoms with E-state index in [9.17, 15) is 0 Å². The summed E-state index contributed by atoms with van der Waals surface area (Å²) >= 11 is 0. The number of hydrogen-bond acceptors (Lipinski definition) is 3. The minimum Gasteiger partial charge on any atom is -0.516 e. The van der Waals surface area contributed by atoms with E-state index in [1.54, 1.807) is 6.08 Å². The summed E-state index contributed by atoms with van der Waals surface area (Å²) in [5.41, 5.74) is 0. The zero-order valence-electron chi connectivity index (χ0n) is 5.20. The molecule has 0 saturated heterocycles. The number of aliphatic hydroxyl groups excluding tert-OH is 1. The molecule has 0 fully saturated rings. The Morgan fingerprint density at radius 1 is 1.33 bits per heavy atom. The van der Waals surface area contributed by atoms with Gasteiger partial charge in [-0.25, -0.2) is 0 Å². The molecule has 0 rings (SSSR count). The van der Waals surface area contributed by atoms with Gasteiger partial charge in [-0.05, 0) is 19.3 Å². The van der Waals surface area contributed by atoms with Crippen LogP contribution in [0.4, 0.5) is 0 Å². The van der Waals surface area contributed by atoms with Crippen molar-refractivity contribution in [2.45, 2.75) is 19.3 Å². The first-order valence-corrected chi connectivity index (χ1v) is 2.87. The van der Waals surface area contributed by atoms with Crippen LogP contribution >= 0.6 is 0 Å². The Labute approximate surface area is 54.3 Å². The fourth-order valence-electron chi connectivity index (χ4n) is 0.459. The maximum absolute atomic E-state index is 8.16. The molecule has 0 amide bonds. The minimum absolute atomic E-state index is 0.751. The third-order valence-electron chi connectivity index (χ3n) is 0.891. The second kappa shape index (κ2) is 7.01. The van der Waals surface area contributed by atoms with E-state index in [0.717, 1.165) is 25.5 Å². The molecule has 52 valence electrons. The second-order valence-corrected chi connectivity index (χ2v) is 1.61. The predicted molar refractivity (Wildman–Crippen MR) is 35.9 cm³/mol. The normalized spacial score (nSPS) is 11.6. The molecular formula is C6H11NO2. The van der Waals surface area contributed by atoms with Crippen LogP contribution in [0.2, 0.25) is 0 Å². The molecule has 0 aromatic heterocycles. The van der Waals surface area contributed by atoms with E-state index in [1.165, 1.54) is 6.21 Å². The van der Waals surface area contributed by atoms with Gasteiger partial charge < -0.3 is 10.3 Å². The molecule has 0 atom stereocenters. The van der Waals surface area contributed by atoms with E-state index in [4.69, 9.17) is 10.3 Å². The zero-order chi connectivity index (χ0) is 6.95. The highest BCUT2D eigenvalue weighted by atomic mass is 16.4. The highest BCUT2D eigenvalue weighted by Crippen LogP contribution is 1.92. The average molecular weight is 129 g/mol. The van der Waals surface area contributed by atoms with Crippen LogP contribution in [0.25, 0.3) is 0 Å². The van der Waals surface area contributed by atoms with Crippen molar-refractivity contribution in [3.63, 3.8) is 0 Å². The Kier molecular flexibility index (Phi) is 6.24. The molecule has 0 spiro atoms. The third-order valence-corrected chi connectivity index (χ3v) is 0.891. The van der Waals surface area contributed by atoms with Gasteiger partial charge in [0.1, 0.15) is 0 Å². The number of allylic oxidation sites excluding steroid dienone is 1. The third kappa shape index (κ3) is 7.01. The van der Waals surface area contributed by atoms with Crippen LogP contribution in [-0.2, 0) is 0 Å². The summed E-state index contributed by atoms with van der Waals surface area (Å²) in [5.74, 6) is 0. The van der Waals surface area contributed by atoms with E-state index in [0.29, 0.717) is 0 Å². The van der Waals surface area contributed by atoms with Gasteiger partial charge in [0.25, 0.3) is 0 Å². The Bertz CT molecular complexity index is 87.2. The van der Waals surface area contributed by atoms with Gasteiger partial charge in [-0.3, -0.25) is 0 Å². The van der Waals surface area contributed by atoms with Crippen LogP contribution in [0.15, 0.2) is 17.5 Å². The highest BCUT2D eigenvalue weighted by molar-refractivity contribution is 5.55. The number of hydrogen-bond donors (Lipinski definition) is 2. The van der Waals surface area contributed by atoms with Crippen molar-refractivity contribution in [1.82, 2.24) is 0 Å². The van der Waals surface area contributed by atoms with Crippen LogP contribution in [0.1, 0.15) is 19.3 Å². The van der Waals surface area contributed by atoms with Crippen molar-refractivity contribution in [3.8, 4) is 0 Å². The standard InChI is InChI=1S/C6H11NO2/c8-6-4-2-1-3-5-7-9/h4-6,8-9H,1-3H2. The Morgan fingerprint density at radius 2 is 2.11 bits per heavy atom. The van der Waals surface area contributed by atoms with Crippen LogP contribution in [0, 0.1) is 0 Å². The first kappa shape index (κ1) is 8.01. The van der Waals surface area contributed by atoms with Crippen molar-refractivity contribution in [3.05, 3.63) is 12.3 Å². The Morgan fingerprint density at radius 3 is 2.67 bits per heavy atom. The number of oxime groups is 1. The molecule has 0 aliphatic heterocycles. The average Bonchev–Trinajstić information content (AvgIpc) is 1.89. The van der Waals surface area contributed by atoms with Crippen molar-refractivity contribution >= 4 is 6.21 Å². The molecule has 0 aromatic carbocycles. The van der Waals surface area contributed by atoms with Crippen LogP contribution in [-0.4, -0.2) is 16.5 Å². The van der Waals surface area contributed by atoms with E-state index >= 15 is 0 Å². The number of nitrogens with zero attached hydrogens (tertiary/aromatic N) is 1. The molecule has 0 radical (unpaired) electrons. The van der Waals surface area contributed by atoms with Gasteiger partial charge in [0.05, 0.1) is 6.26 Å². The van der Waals surface area contributed by atoms with E-state index < -0.39 is 0 Å². The molecule has 3 nitrogen and oxygen atoms in total. The fourth-order valence-corrected chi connectivity index (χ4v) is 0.459.